The molecule has 12 heteroatoms. The van der Waals surface area contributed by atoms with Crippen molar-refractivity contribution < 1.29 is 38.2 Å². The van der Waals surface area contributed by atoms with Crippen LogP contribution in [0.4, 0.5) is 13.6 Å². The van der Waals surface area contributed by atoms with Crippen LogP contribution < -0.4 is 16.0 Å². The molecule has 3 rings (SSSR count). The minimum Gasteiger partial charge on any atom is -0.465 e. The lowest BCUT2D eigenvalue weighted by molar-refractivity contribution is -0.145. The van der Waals surface area contributed by atoms with Gasteiger partial charge in [0.1, 0.15) is 12.1 Å². The summed E-state index contributed by atoms with van der Waals surface area (Å²) in [5, 5.41) is 27.6. The predicted octanol–water partition coefficient (Wildman–Crippen LogP) is 2.10. The monoisotopic (exact) mass is 544 g/mol. The number of amides is 4. The van der Waals surface area contributed by atoms with Crippen LogP contribution in [0.5, 0.6) is 0 Å². The molecule has 2 aliphatic carbocycles. The number of fused-ring (bicyclic) bond motifs is 1. The Morgan fingerprint density at radius 3 is 2.16 bits per heavy atom. The van der Waals surface area contributed by atoms with Crippen molar-refractivity contribution in [2.75, 3.05) is 6.54 Å². The van der Waals surface area contributed by atoms with Gasteiger partial charge in [-0.1, -0.05) is 34.6 Å². The van der Waals surface area contributed by atoms with Crippen LogP contribution in [-0.2, 0) is 14.4 Å². The summed E-state index contributed by atoms with van der Waals surface area (Å²) < 4.78 is 27.4. The second-order valence-electron chi connectivity index (χ2n) is 13.1. The van der Waals surface area contributed by atoms with Crippen LogP contribution in [0, 0.1) is 22.7 Å². The lowest BCUT2D eigenvalue weighted by Gasteiger charge is -2.49. The molecular formula is C26H42F2N4O6. The van der Waals surface area contributed by atoms with E-state index in [0.29, 0.717) is 0 Å². The van der Waals surface area contributed by atoms with E-state index in [1.54, 1.807) is 20.8 Å². The van der Waals surface area contributed by atoms with Crippen molar-refractivity contribution in [3.8, 4) is 0 Å². The fourth-order valence-corrected chi connectivity index (χ4v) is 5.99. The van der Waals surface area contributed by atoms with Gasteiger partial charge in [-0.15, -0.1) is 0 Å². The number of carbonyl (C=O) groups is 4. The molecule has 1 saturated heterocycles. The molecule has 0 aromatic carbocycles. The molecule has 1 heterocycles. The number of likely N-dealkylation sites (tertiary alicyclic amines) is 1. The van der Waals surface area contributed by atoms with Crippen molar-refractivity contribution in [3.63, 3.8) is 0 Å². The molecule has 0 radical (unpaired) electrons. The second kappa shape index (κ2) is 10.6. The molecule has 38 heavy (non-hydrogen) atoms. The molecule has 1 aliphatic heterocycles. The molecular weight excluding hydrogens is 502 g/mol. The van der Waals surface area contributed by atoms with E-state index in [2.05, 4.69) is 16.0 Å². The van der Waals surface area contributed by atoms with Crippen LogP contribution in [0.2, 0.25) is 0 Å². The zero-order valence-corrected chi connectivity index (χ0v) is 23.0. The van der Waals surface area contributed by atoms with Crippen molar-refractivity contribution in [1.29, 1.82) is 0 Å². The van der Waals surface area contributed by atoms with Crippen LogP contribution in [0.1, 0.15) is 73.6 Å². The van der Waals surface area contributed by atoms with E-state index in [-0.39, 0.29) is 36.3 Å². The first-order valence-corrected chi connectivity index (χ1v) is 13.3. The van der Waals surface area contributed by atoms with Crippen LogP contribution in [0.15, 0.2) is 0 Å². The molecule has 5 N–H and O–H groups in total. The number of hydrogen-bond acceptors (Lipinski definition) is 5. The Kier molecular flexibility index (Phi) is 8.36. The third-order valence-electron chi connectivity index (χ3n) is 8.03. The van der Waals surface area contributed by atoms with Crippen molar-refractivity contribution in [2.24, 2.45) is 22.7 Å². The number of halogens is 2. The lowest BCUT2D eigenvalue weighted by atomic mass is 9.55. The summed E-state index contributed by atoms with van der Waals surface area (Å²) in [6.45, 7) is 10.1. The summed E-state index contributed by atoms with van der Waals surface area (Å²) in [5.41, 5.74) is -1.09. The Balaban J connectivity index is 1.87. The first-order chi connectivity index (χ1) is 17.3. The van der Waals surface area contributed by atoms with E-state index in [1.807, 2.05) is 13.8 Å². The Morgan fingerprint density at radius 2 is 1.68 bits per heavy atom. The SMILES string of the molecule is CC(F)(F)CCC(NC(=O)[C@@H]1[C@@H]2[C@H](CN1C(=O)C(NC(=O)O)C(C)(C)C)CC2(C)C)C(O)C(=O)NC1CC1. The number of alkyl halides is 2. The average molecular weight is 545 g/mol. The molecule has 0 aromatic heterocycles. The van der Waals surface area contributed by atoms with Gasteiger partial charge in [-0.3, -0.25) is 14.4 Å². The van der Waals surface area contributed by atoms with Gasteiger partial charge in [-0.2, -0.15) is 0 Å². The third-order valence-corrected chi connectivity index (χ3v) is 8.03. The number of aliphatic hydroxyl groups is 1. The Hall–Kier alpha value is -2.50. The maximum atomic E-state index is 13.8. The minimum atomic E-state index is -3.07. The van der Waals surface area contributed by atoms with E-state index in [0.717, 1.165) is 26.2 Å². The van der Waals surface area contributed by atoms with Gasteiger partial charge in [0.25, 0.3) is 5.91 Å². The fraction of sp³-hybridized carbons (Fsp3) is 0.846. The van der Waals surface area contributed by atoms with E-state index >= 15 is 0 Å². The molecule has 0 bridgehead atoms. The number of nitrogens with one attached hydrogen (secondary N) is 3. The molecule has 0 spiro atoms. The van der Waals surface area contributed by atoms with Gasteiger partial charge < -0.3 is 31.1 Å². The number of nitrogens with zero attached hydrogens (tertiary/aromatic N) is 1. The van der Waals surface area contributed by atoms with Gasteiger partial charge in [-0.05, 0) is 55.3 Å². The average Bonchev–Trinajstić information content (AvgIpc) is 3.50. The first-order valence-electron chi connectivity index (χ1n) is 13.3. The summed E-state index contributed by atoms with van der Waals surface area (Å²) in [7, 11) is 0. The lowest BCUT2D eigenvalue weighted by Crippen LogP contribution is -2.61. The van der Waals surface area contributed by atoms with Gasteiger partial charge >= 0.3 is 6.09 Å². The number of rotatable bonds is 10. The number of hydrogen-bond donors (Lipinski definition) is 5. The van der Waals surface area contributed by atoms with E-state index < -0.39 is 65.8 Å². The van der Waals surface area contributed by atoms with E-state index in [9.17, 15) is 38.2 Å². The predicted molar refractivity (Wildman–Crippen MR) is 134 cm³/mol. The van der Waals surface area contributed by atoms with Crippen LogP contribution >= 0.6 is 0 Å². The van der Waals surface area contributed by atoms with Gasteiger partial charge in [0.15, 0.2) is 6.10 Å². The maximum absolute atomic E-state index is 13.8. The number of carboxylic acid groups (broad SMARTS) is 1. The molecule has 3 aliphatic rings. The largest absolute Gasteiger partial charge is 0.465 e. The highest BCUT2D eigenvalue weighted by molar-refractivity contribution is 5.93. The van der Waals surface area contributed by atoms with Gasteiger partial charge in [0, 0.05) is 19.0 Å². The van der Waals surface area contributed by atoms with Crippen molar-refractivity contribution in [1.82, 2.24) is 20.9 Å². The van der Waals surface area contributed by atoms with Crippen LogP contribution in [-0.4, -0.2) is 81.7 Å². The summed E-state index contributed by atoms with van der Waals surface area (Å²) >= 11 is 0. The summed E-state index contributed by atoms with van der Waals surface area (Å²) in [6, 6.07) is -3.49. The van der Waals surface area contributed by atoms with Crippen molar-refractivity contribution in [3.05, 3.63) is 0 Å². The van der Waals surface area contributed by atoms with Gasteiger partial charge in [-0.25, -0.2) is 13.6 Å². The zero-order valence-electron chi connectivity index (χ0n) is 23.0. The summed E-state index contributed by atoms with van der Waals surface area (Å²) in [6.07, 6.45) is -1.84. The van der Waals surface area contributed by atoms with Gasteiger partial charge in [0.05, 0.1) is 6.04 Å². The molecule has 10 nitrogen and oxygen atoms in total. The Bertz CT molecular complexity index is 943. The first kappa shape index (κ1) is 30.0. The molecule has 4 amide bonds. The second-order valence-corrected chi connectivity index (χ2v) is 13.1. The molecule has 0 aromatic rings. The summed E-state index contributed by atoms with van der Waals surface area (Å²) in [5.74, 6) is -5.25. The zero-order chi connectivity index (χ0) is 28.8. The fourth-order valence-electron chi connectivity index (χ4n) is 5.99. The van der Waals surface area contributed by atoms with Crippen LogP contribution in [0.3, 0.4) is 0 Å². The molecule has 2 saturated carbocycles. The maximum Gasteiger partial charge on any atom is 0.405 e. The highest BCUT2D eigenvalue weighted by Gasteiger charge is 2.61. The number of aliphatic hydroxyl groups excluding tert-OH is 1. The smallest absolute Gasteiger partial charge is 0.405 e. The highest BCUT2D eigenvalue weighted by atomic mass is 19.3. The normalized spacial score (nSPS) is 26.9. The highest BCUT2D eigenvalue weighted by Crippen LogP contribution is 2.57. The minimum absolute atomic E-state index is 0.0108. The van der Waals surface area contributed by atoms with Crippen molar-refractivity contribution >= 4 is 23.8 Å². The Morgan fingerprint density at radius 1 is 1.08 bits per heavy atom. The molecule has 216 valence electrons. The Labute approximate surface area is 222 Å². The third kappa shape index (κ3) is 6.92. The molecule has 3 unspecified atom stereocenters. The van der Waals surface area contributed by atoms with Crippen molar-refractivity contribution in [2.45, 2.75) is 110 Å². The molecule has 3 fully saturated rings. The number of carbonyl (C=O) groups excluding carboxylic acids is 3. The van der Waals surface area contributed by atoms with E-state index in [4.69, 9.17) is 0 Å². The van der Waals surface area contributed by atoms with Gasteiger partial charge in [0.2, 0.25) is 17.7 Å². The van der Waals surface area contributed by atoms with Crippen LogP contribution in [0.25, 0.3) is 0 Å². The molecule has 6 atom stereocenters. The van der Waals surface area contributed by atoms with E-state index in [1.165, 1.54) is 4.90 Å². The standard InChI is InChI=1S/C26H42F2N4O6/c1-24(2,3)19(31-23(37)38)22(36)32-12-13-11-25(4,5)16(13)17(32)20(34)30-15(9-10-26(6,27)28)18(33)21(35)29-14-7-8-14/h13-19,31,33H,7-12H2,1-6H3,(H,29,35)(H,30,34)(H,37,38)/t13-,15?,16-,17-,18?,19?/m0/s1. The quantitative estimate of drug-likeness (QED) is 0.285. The summed E-state index contributed by atoms with van der Waals surface area (Å²) in [4.78, 5) is 52.8. The topological polar surface area (TPSA) is 148 Å².